The number of methoxy groups -OCH3 is 1. The number of rotatable bonds is 5. The molecule has 0 radical (unpaired) electrons. The van der Waals surface area contributed by atoms with E-state index in [1.54, 1.807) is 0 Å². The van der Waals surface area contributed by atoms with Crippen LogP contribution in [0.3, 0.4) is 0 Å². The summed E-state index contributed by atoms with van der Waals surface area (Å²) in [7, 11) is 0.954. The minimum Gasteiger partial charge on any atom is -0.496 e. The van der Waals surface area contributed by atoms with Crippen molar-refractivity contribution in [3.8, 4) is 5.75 Å². The van der Waals surface area contributed by atoms with Crippen molar-refractivity contribution in [3.05, 3.63) is 23.0 Å². The Labute approximate surface area is 116 Å². The number of carbonyl (C=O) groups excluding carboxylic acids is 1. The maximum absolute atomic E-state index is 13.0. The molecule has 0 aliphatic rings. The number of nitrogens with zero attached hydrogens (tertiary/aromatic N) is 1. The van der Waals surface area contributed by atoms with E-state index < -0.39 is 47.7 Å². The van der Waals surface area contributed by atoms with Gasteiger partial charge in [-0.25, -0.2) is 13.8 Å². The quantitative estimate of drug-likeness (QED) is 0.619. The molecule has 21 heavy (non-hydrogen) atoms. The third kappa shape index (κ3) is 4.27. The molecule has 0 atom stereocenters. The molecule has 0 aliphatic carbocycles. The van der Waals surface area contributed by atoms with E-state index in [1.165, 1.54) is 6.92 Å². The summed E-state index contributed by atoms with van der Waals surface area (Å²) in [5.74, 6) is -1.63. The van der Waals surface area contributed by atoms with Gasteiger partial charge in [-0.1, -0.05) is 0 Å². The molecular formula is C12H12F5NO3. The van der Waals surface area contributed by atoms with Gasteiger partial charge in [0.05, 0.1) is 31.4 Å². The predicted molar refractivity (Wildman–Crippen MR) is 61.1 cm³/mol. The largest absolute Gasteiger partial charge is 0.496 e. The molecule has 0 saturated heterocycles. The first-order chi connectivity index (χ1) is 9.70. The molecule has 1 aromatic heterocycles. The molecule has 0 aliphatic heterocycles. The molecule has 0 aromatic carbocycles. The van der Waals surface area contributed by atoms with Crippen LogP contribution in [0.5, 0.6) is 5.75 Å². The average Bonchev–Trinajstić information content (AvgIpc) is 2.36. The van der Waals surface area contributed by atoms with E-state index in [9.17, 15) is 26.7 Å². The van der Waals surface area contributed by atoms with E-state index in [4.69, 9.17) is 0 Å². The van der Waals surface area contributed by atoms with Crippen molar-refractivity contribution in [2.45, 2.75) is 25.9 Å². The van der Waals surface area contributed by atoms with Gasteiger partial charge in [0.2, 0.25) is 0 Å². The first kappa shape index (κ1) is 17.1. The fourth-order valence-corrected chi connectivity index (χ4v) is 1.61. The first-order valence-electron chi connectivity index (χ1n) is 5.79. The van der Waals surface area contributed by atoms with Crippen molar-refractivity contribution in [1.82, 2.24) is 4.98 Å². The van der Waals surface area contributed by atoms with Crippen molar-refractivity contribution < 1.29 is 36.2 Å². The highest BCUT2D eigenvalue weighted by atomic mass is 19.4. The van der Waals surface area contributed by atoms with Crippen molar-refractivity contribution in [1.29, 1.82) is 0 Å². The van der Waals surface area contributed by atoms with Crippen molar-refractivity contribution in [2.75, 3.05) is 13.7 Å². The molecule has 0 bridgehead atoms. The first-order valence-corrected chi connectivity index (χ1v) is 5.79. The van der Waals surface area contributed by atoms with Crippen LogP contribution in [0.2, 0.25) is 0 Å². The van der Waals surface area contributed by atoms with Gasteiger partial charge in [-0.15, -0.1) is 0 Å². The molecule has 4 nitrogen and oxygen atoms in total. The lowest BCUT2D eigenvalue weighted by Gasteiger charge is -2.15. The Hall–Kier alpha value is -1.93. The minimum atomic E-state index is -4.85. The summed E-state index contributed by atoms with van der Waals surface area (Å²) in [4.78, 5) is 14.4. The third-order valence-corrected chi connectivity index (χ3v) is 2.45. The predicted octanol–water partition coefficient (Wildman–Crippen LogP) is 3.15. The normalized spacial score (nSPS) is 11.6. The zero-order chi connectivity index (χ0) is 16.2. The van der Waals surface area contributed by atoms with Crippen LogP contribution in [0.4, 0.5) is 22.0 Å². The van der Waals surface area contributed by atoms with Gasteiger partial charge in [0.15, 0.2) is 0 Å². The summed E-state index contributed by atoms with van der Waals surface area (Å²) in [5.41, 5.74) is -2.98. The van der Waals surface area contributed by atoms with Crippen LogP contribution in [0.25, 0.3) is 0 Å². The Kier molecular flexibility index (Phi) is 5.45. The van der Waals surface area contributed by atoms with Gasteiger partial charge in [0.25, 0.3) is 6.43 Å². The Morgan fingerprint density at radius 3 is 2.43 bits per heavy atom. The molecular weight excluding hydrogens is 301 g/mol. The molecule has 118 valence electrons. The van der Waals surface area contributed by atoms with Gasteiger partial charge in [0, 0.05) is 6.07 Å². The fourth-order valence-electron chi connectivity index (χ4n) is 1.61. The molecule has 0 spiro atoms. The molecule has 0 amide bonds. The second-order valence-electron chi connectivity index (χ2n) is 3.85. The standard InChI is InChI=1S/C12H12F5NO3/c1-3-21-9(19)4-6-10(11(13)14)7(20-2)5-8(18-6)12(15,16)17/h5,11H,3-4H2,1-2H3. The minimum absolute atomic E-state index is 0.0288. The van der Waals surface area contributed by atoms with Crippen LogP contribution in [0, 0.1) is 0 Å². The van der Waals surface area contributed by atoms with E-state index in [0.29, 0.717) is 6.07 Å². The van der Waals surface area contributed by atoms with E-state index in [2.05, 4.69) is 14.5 Å². The van der Waals surface area contributed by atoms with Crippen LogP contribution in [-0.4, -0.2) is 24.7 Å². The molecule has 0 N–H and O–H groups in total. The fraction of sp³-hybridized carbons (Fsp3) is 0.500. The van der Waals surface area contributed by atoms with E-state index in [0.717, 1.165) is 7.11 Å². The van der Waals surface area contributed by atoms with Crippen LogP contribution >= 0.6 is 0 Å². The molecule has 1 rings (SSSR count). The Morgan fingerprint density at radius 1 is 1.38 bits per heavy atom. The maximum Gasteiger partial charge on any atom is 0.433 e. The van der Waals surface area contributed by atoms with Crippen LogP contribution in [0.15, 0.2) is 6.07 Å². The number of pyridine rings is 1. The van der Waals surface area contributed by atoms with Crippen LogP contribution in [-0.2, 0) is 22.1 Å². The monoisotopic (exact) mass is 313 g/mol. The lowest BCUT2D eigenvalue weighted by Crippen LogP contribution is -2.16. The Bertz CT molecular complexity index is 516. The number of hydrogen-bond donors (Lipinski definition) is 0. The van der Waals surface area contributed by atoms with Crippen LogP contribution < -0.4 is 4.74 Å². The molecule has 0 unspecified atom stereocenters. The number of carbonyl (C=O) groups is 1. The number of alkyl halides is 5. The number of halogens is 5. The number of esters is 1. The highest BCUT2D eigenvalue weighted by molar-refractivity contribution is 5.72. The smallest absolute Gasteiger partial charge is 0.433 e. The lowest BCUT2D eigenvalue weighted by molar-refractivity contribution is -0.144. The molecule has 1 heterocycles. The van der Waals surface area contributed by atoms with Gasteiger partial charge in [-0.3, -0.25) is 4.79 Å². The van der Waals surface area contributed by atoms with E-state index >= 15 is 0 Å². The van der Waals surface area contributed by atoms with Crippen molar-refractivity contribution in [2.24, 2.45) is 0 Å². The zero-order valence-electron chi connectivity index (χ0n) is 11.1. The van der Waals surface area contributed by atoms with E-state index in [1.807, 2.05) is 0 Å². The van der Waals surface area contributed by atoms with Crippen molar-refractivity contribution >= 4 is 5.97 Å². The molecule has 1 aromatic rings. The van der Waals surface area contributed by atoms with Crippen molar-refractivity contribution in [3.63, 3.8) is 0 Å². The summed E-state index contributed by atoms with van der Waals surface area (Å²) in [6, 6.07) is 0.371. The van der Waals surface area contributed by atoms with E-state index in [-0.39, 0.29) is 6.61 Å². The number of ether oxygens (including phenoxy) is 2. The zero-order valence-corrected chi connectivity index (χ0v) is 11.1. The second-order valence-corrected chi connectivity index (χ2v) is 3.85. The molecule has 0 fully saturated rings. The van der Waals surface area contributed by atoms with Gasteiger partial charge < -0.3 is 9.47 Å². The third-order valence-electron chi connectivity index (χ3n) is 2.45. The topological polar surface area (TPSA) is 48.4 Å². The number of hydrogen-bond acceptors (Lipinski definition) is 4. The lowest BCUT2D eigenvalue weighted by atomic mass is 10.1. The summed E-state index contributed by atoms with van der Waals surface area (Å²) >= 11 is 0. The highest BCUT2D eigenvalue weighted by Crippen LogP contribution is 2.37. The van der Waals surface area contributed by atoms with Gasteiger partial charge in [-0.05, 0) is 6.92 Å². The van der Waals surface area contributed by atoms with Gasteiger partial charge in [-0.2, -0.15) is 13.2 Å². The number of aromatic nitrogens is 1. The molecule has 0 saturated carbocycles. The SMILES string of the molecule is CCOC(=O)Cc1nc(C(F)(F)F)cc(OC)c1C(F)F. The van der Waals surface area contributed by atoms with Crippen LogP contribution in [0.1, 0.15) is 30.3 Å². The van der Waals surface area contributed by atoms with Gasteiger partial charge >= 0.3 is 12.1 Å². The summed E-state index contributed by atoms with van der Waals surface area (Å²) < 4.78 is 73.1. The summed E-state index contributed by atoms with van der Waals surface area (Å²) in [6.07, 6.45) is -8.79. The summed E-state index contributed by atoms with van der Waals surface area (Å²) in [5, 5.41) is 0. The maximum atomic E-state index is 13.0. The average molecular weight is 313 g/mol. The van der Waals surface area contributed by atoms with Gasteiger partial charge in [0.1, 0.15) is 11.4 Å². The highest BCUT2D eigenvalue weighted by Gasteiger charge is 2.36. The Morgan fingerprint density at radius 2 is 2.00 bits per heavy atom. The second kappa shape index (κ2) is 6.68. The summed E-state index contributed by atoms with van der Waals surface area (Å²) in [6.45, 7) is 1.45. The Balaban J connectivity index is 3.38. The molecule has 9 heteroatoms.